The number of aryl methyl sites for hydroxylation is 1. The summed E-state index contributed by atoms with van der Waals surface area (Å²) in [6.07, 6.45) is 1.25. The van der Waals surface area contributed by atoms with Crippen molar-refractivity contribution in [2.75, 3.05) is 6.54 Å². The van der Waals surface area contributed by atoms with Crippen molar-refractivity contribution in [1.29, 1.82) is 0 Å². The second-order valence-electron chi connectivity index (χ2n) is 5.34. The van der Waals surface area contributed by atoms with Crippen LogP contribution in [0.4, 0.5) is 8.78 Å². The lowest BCUT2D eigenvalue weighted by atomic mass is 9.96. The summed E-state index contributed by atoms with van der Waals surface area (Å²) in [5, 5.41) is 6.45. The fourth-order valence-electron chi connectivity index (χ4n) is 2.19. The van der Waals surface area contributed by atoms with Crippen molar-refractivity contribution in [2.24, 2.45) is 13.0 Å². The van der Waals surface area contributed by atoms with Gasteiger partial charge in [0.25, 0.3) is 5.91 Å². The fourth-order valence-corrected chi connectivity index (χ4v) is 2.19. The molecule has 23 heavy (non-hydrogen) atoms. The van der Waals surface area contributed by atoms with E-state index in [0.717, 1.165) is 23.2 Å². The van der Waals surface area contributed by atoms with E-state index in [2.05, 4.69) is 15.4 Å². The summed E-state index contributed by atoms with van der Waals surface area (Å²) in [5.74, 6) is -2.24. The van der Waals surface area contributed by atoms with Gasteiger partial charge in [0.2, 0.25) is 5.82 Å². The monoisotopic (exact) mass is 324 g/mol. The molecule has 0 bridgehead atoms. The van der Waals surface area contributed by atoms with Gasteiger partial charge in [-0.3, -0.25) is 9.78 Å². The molecule has 0 aliphatic rings. The van der Waals surface area contributed by atoms with Crippen LogP contribution in [0, 0.1) is 17.6 Å². The molecule has 1 heterocycles. The molecule has 0 spiro atoms. The SMILES string of the molecule is CCC(CNC(=O)c1nn(C)c(=O)[nH]1)Cc1ccc(F)c(F)c1. The van der Waals surface area contributed by atoms with Gasteiger partial charge in [0.15, 0.2) is 11.6 Å². The molecule has 0 aliphatic carbocycles. The van der Waals surface area contributed by atoms with Crippen LogP contribution in [-0.4, -0.2) is 27.2 Å². The van der Waals surface area contributed by atoms with Crippen molar-refractivity contribution >= 4 is 5.91 Å². The number of amides is 1. The maximum Gasteiger partial charge on any atom is 0.343 e. The van der Waals surface area contributed by atoms with Crippen LogP contribution in [0.3, 0.4) is 0 Å². The number of aromatic amines is 1. The van der Waals surface area contributed by atoms with E-state index in [1.165, 1.54) is 13.1 Å². The molecule has 0 saturated heterocycles. The van der Waals surface area contributed by atoms with Crippen LogP contribution in [0.15, 0.2) is 23.0 Å². The first-order chi connectivity index (χ1) is 10.9. The summed E-state index contributed by atoms with van der Waals surface area (Å²) in [6, 6.07) is 3.78. The number of nitrogens with one attached hydrogen (secondary N) is 2. The topological polar surface area (TPSA) is 79.8 Å². The van der Waals surface area contributed by atoms with E-state index in [1.807, 2.05) is 6.92 Å². The maximum atomic E-state index is 13.2. The maximum absolute atomic E-state index is 13.2. The van der Waals surface area contributed by atoms with Crippen LogP contribution >= 0.6 is 0 Å². The smallest absolute Gasteiger partial charge is 0.343 e. The van der Waals surface area contributed by atoms with Gasteiger partial charge in [0.05, 0.1) is 0 Å². The molecule has 0 radical (unpaired) electrons. The summed E-state index contributed by atoms with van der Waals surface area (Å²) in [4.78, 5) is 25.5. The summed E-state index contributed by atoms with van der Waals surface area (Å²) in [6.45, 7) is 2.28. The third-order valence-electron chi connectivity index (χ3n) is 3.62. The van der Waals surface area contributed by atoms with Crippen molar-refractivity contribution in [3.8, 4) is 0 Å². The number of H-pyrrole nitrogens is 1. The highest BCUT2D eigenvalue weighted by molar-refractivity contribution is 5.90. The average Bonchev–Trinajstić information content (AvgIpc) is 2.86. The van der Waals surface area contributed by atoms with Gasteiger partial charge in [-0.15, -0.1) is 5.10 Å². The summed E-state index contributed by atoms with van der Waals surface area (Å²) in [5.41, 5.74) is 0.195. The lowest BCUT2D eigenvalue weighted by Gasteiger charge is -2.15. The van der Waals surface area contributed by atoms with Crippen LogP contribution in [0.5, 0.6) is 0 Å². The van der Waals surface area contributed by atoms with Crippen LogP contribution < -0.4 is 11.0 Å². The van der Waals surface area contributed by atoms with E-state index in [9.17, 15) is 18.4 Å². The Morgan fingerprint density at radius 3 is 2.70 bits per heavy atom. The third-order valence-corrected chi connectivity index (χ3v) is 3.62. The molecule has 6 nitrogen and oxygen atoms in total. The van der Waals surface area contributed by atoms with Crippen LogP contribution in [-0.2, 0) is 13.5 Å². The van der Waals surface area contributed by atoms with Crippen LogP contribution in [0.25, 0.3) is 0 Å². The van der Waals surface area contributed by atoms with Gasteiger partial charge in [-0.1, -0.05) is 19.4 Å². The minimum absolute atomic E-state index is 0.0549. The predicted octanol–water partition coefficient (Wildman–Crippen LogP) is 1.39. The summed E-state index contributed by atoms with van der Waals surface area (Å²) in [7, 11) is 1.44. The fraction of sp³-hybridized carbons (Fsp3) is 0.400. The van der Waals surface area contributed by atoms with Crippen molar-refractivity contribution in [3.05, 3.63) is 51.7 Å². The van der Waals surface area contributed by atoms with E-state index in [1.54, 1.807) is 0 Å². The number of benzene rings is 1. The van der Waals surface area contributed by atoms with Crippen LogP contribution in [0.2, 0.25) is 0 Å². The Bertz CT molecular complexity index is 754. The second kappa shape index (κ2) is 7.17. The highest BCUT2D eigenvalue weighted by Gasteiger charge is 2.15. The molecule has 2 N–H and O–H groups in total. The molecule has 8 heteroatoms. The molecule has 0 saturated carbocycles. The van der Waals surface area contributed by atoms with Gasteiger partial charge in [0.1, 0.15) is 0 Å². The van der Waals surface area contributed by atoms with E-state index in [-0.39, 0.29) is 11.7 Å². The molecule has 0 aliphatic heterocycles. The number of rotatable bonds is 6. The lowest BCUT2D eigenvalue weighted by molar-refractivity contribution is 0.0936. The Kier molecular flexibility index (Phi) is 5.25. The Balaban J connectivity index is 1.95. The minimum Gasteiger partial charge on any atom is -0.349 e. The van der Waals surface area contributed by atoms with Gasteiger partial charge < -0.3 is 5.32 Å². The van der Waals surface area contributed by atoms with Gasteiger partial charge in [-0.2, -0.15) is 0 Å². The number of nitrogens with zero attached hydrogens (tertiary/aromatic N) is 2. The highest BCUT2D eigenvalue weighted by Crippen LogP contribution is 2.15. The third kappa shape index (κ3) is 4.24. The van der Waals surface area contributed by atoms with E-state index >= 15 is 0 Å². The molecule has 1 unspecified atom stereocenters. The Hall–Kier alpha value is -2.51. The number of hydrogen-bond donors (Lipinski definition) is 2. The largest absolute Gasteiger partial charge is 0.349 e. The minimum atomic E-state index is -0.882. The van der Waals surface area contributed by atoms with Gasteiger partial charge in [-0.25, -0.2) is 18.3 Å². The molecular weight excluding hydrogens is 306 g/mol. The Labute approximate surface area is 131 Å². The number of carbonyl (C=O) groups excluding carboxylic acids is 1. The first kappa shape index (κ1) is 16.9. The Morgan fingerprint density at radius 1 is 1.39 bits per heavy atom. The van der Waals surface area contributed by atoms with Gasteiger partial charge in [-0.05, 0) is 30.0 Å². The molecule has 1 aromatic carbocycles. The van der Waals surface area contributed by atoms with Crippen LogP contribution in [0.1, 0.15) is 29.5 Å². The average molecular weight is 324 g/mol. The molecule has 124 valence electrons. The normalized spacial score (nSPS) is 12.2. The van der Waals surface area contributed by atoms with Gasteiger partial charge >= 0.3 is 5.69 Å². The zero-order valence-electron chi connectivity index (χ0n) is 12.9. The highest BCUT2D eigenvalue weighted by atomic mass is 19.2. The van der Waals surface area contributed by atoms with E-state index < -0.39 is 23.2 Å². The molecule has 1 atom stereocenters. The molecular formula is C15H18F2N4O2. The van der Waals surface area contributed by atoms with Crippen molar-refractivity contribution in [1.82, 2.24) is 20.1 Å². The van der Waals surface area contributed by atoms with Crippen molar-refractivity contribution in [2.45, 2.75) is 19.8 Å². The molecule has 1 aromatic heterocycles. The predicted molar refractivity (Wildman–Crippen MR) is 80.0 cm³/mol. The first-order valence-corrected chi connectivity index (χ1v) is 7.26. The van der Waals surface area contributed by atoms with E-state index in [4.69, 9.17) is 0 Å². The molecule has 2 aromatic rings. The summed E-state index contributed by atoms with van der Waals surface area (Å²) >= 11 is 0. The van der Waals surface area contributed by atoms with Gasteiger partial charge in [0, 0.05) is 13.6 Å². The van der Waals surface area contributed by atoms with Crippen molar-refractivity contribution < 1.29 is 13.6 Å². The standard InChI is InChI=1S/C15H18F2N4O2/c1-3-9(6-10-4-5-11(16)12(17)7-10)8-18-14(22)13-19-15(23)21(2)20-13/h4-5,7,9H,3,6,8H2,1-2H3,(H,18,22)(H,19,20,23). The zero-order chi connectivity index (χ0) is 17.0. The summed E-state index contributed by atoms with van der Waals surface area (Å²) < 4.78 is 27.2. The Morgan fingerprint density at radius 2 is 2.13 bits per heavy atom. The van der Waals surface area contributed by atoms with Crippen molar-refractivity contribution in [3.63, 3.8) is 0 Å². The first-order valence-electron chi connectivity index (χ1n) is 7.26. The molecule has 1 amide bonds. The van der Waals surface area contributed by atoms with E-state index in [0.29, 0.717) is 18.5 Å². The number of halogens is 2. The zero-order valence-corrected chi connectivity index (χ0v) is 12.9. The number of aromatic nitrogens is 3. The molecule has 0 fully saturated rings. The molecule has 2 rings (SSSR count). The second-order valence-corrected chi connectivity index (χ2v) is 5.34. The lowest BCUT2D eigenvalue weighted by Crippen LogP contribution is -2.31. The number of carbonyl (C=O) groups is 1. The number of hydrogen-bond acceptors (Lipinski definition) is 3. The quantitative estimate of drug-likeness (QED) is 0.842.